The average molecular weight is 203 g/mol. The van der Waals surface area contributed by atoms with Crippen LogP contribution in [0.15, 0.2) is 36.5 Å². The van der Waals surface area contributed by atoms with Crippen LogP contribution in [0.25, 0.3) is 0 Å². The quantitative estimate of drug-likeness (QED) is 0.717. The van der Waals surface area contributed by atoms with Crippen LogP contribution in [0.2, 0.25) is 0 Å². The molecule has 78 valence electrons. The van der Waals surface area contributed by atoms with E-state index in [4.69, 9.17) is 0 Å². The van der Waals surface area contributed by atoms with Gasteiger partial charge in [-0.25, -0.2) is 0 Å². The fourth-order valence-corrected chi connectivity index (χ4v) is 1.43. The van der Waals surface area contributed by atoms with Crippen LogP contribution in [0.4, 0.5) is 5.69 Å². The lowest BCUT2D eigenvalue weighted by Crippen LogP contribution is -2.06. The first-order chi connectivity index (χ1) is 7.25. The first-order valence-electron chi connectivity index (χ1n) is 4.80. The minimum absolute atomic E-state index is 0.134. The largest absolute Gasteiger partial charge is 0.508 e. The molecule has 2 rings (SSSR count). The van der Waals surface area contributed by atoms with Crippen molar-refractivity contribution in [3.63, 3.8) is 0 Å². The van der Waals surface area contributed by atoms with E-state index in [0.29, 0.717) is 0 Å². The second-order valence-corrected chi connectivity index (χ2v) is 3.43. The predicted octanol–water partition coefficient (Wildman–Crippen LogP) is 2.29. The van der Waals surface area contributed by atoms with Gasteiger partial charge in [0.15, 0.2) is 0 Å². The maximum Gasteiger partial charge on any atom is 0.117 e. The van der Waals surface area contributed by atoms with Gasteiger partial charge in [-0.05, 0) is 25.1 Å². The summed E-state index contributed by atoms with van der Waals surface area (Å²) in [5.41, 5.74) is 1.90. The molecule has 0 saturated carbocycles. The smallest absolute Gasteiger partial charge is 0.117 e. The van der Waals surface area contributed by atoms with Gasteiger partial charge in [-0.1, -0.05) is 6.07 Å². The van der Waals surface area contributed by atoms with Crippen molar-refractivity contribution in [1.82, 2.24) is 10.2 Å². The lowest BCUT2D eigenvalue weighted by molar-refractivity contribution is 0.475. The van der Waals surface area contributed by atoms with Gasteiger partial charge in [0.25, 0.3) is 0 Å². The third kappa shape index (κ3) is 2.28. The van der Waals surface area contributed by atoms with E-state index in [1.54, 1.807) is 24.4 Å². The molecule has 0 aliphatic heterocycles. The van der Waals surface area contributed by atoms with Crippen molar-refractivity contribution < 1.29 is 5.11 Å². The molecule has 3 N–H and O–H groups in total. The van der Waals surface area contributed by atoms with E-state index in [1.165, 1.54) is 0 Å². The zero-order valence-corrected chi connectivity index (χ0v) is 8.44. The summed E-state index contributed by atoms with van der Waals surface area (Å²) in [6, 6.07) is 9.10. The van der Waals surface area contributed by atoms with Crippen molar-refractivity contribution in [1.29, 1.82) is 0 Å². The minimum Gasteiger partial charge on any atom is -0.508 e. The minimum atomic E-state index is 0.134. The number of benzene rings is 1. The number of aromatic hydroxyl groups is 1. The Hall–Kier alpha value is -1.97. The number of H-pyrrole nitrogens is 1. The Balaban J connectivity index is 2.09. The van der Waals surface area contributed by atoms with Gasteiger partial charge in [0.05, 0.1) is 11.7 Å². The number of hydrogen-bond donors (Lipinski definition) is 3. The Morgan fingerprint density at radius 1 is 1.40 bits per heavy atom. The lowest BCUT2D eigenvalue weighted by atomic mass is 10.2. The number of phenols is 1. The summed E-state index contributed by atoms with van der Waals surface area (Å²) in [4.78, 5) is 0. The van der Waals surface area contributed by atoms with Gasteiger partial charge >= 0.3 is 0 Å². The topological polar surface area (TPSA) is 60.9 Å². The van der Waals surface area contributed by atoms with E-state index in [-0.39, 0.29) is 11.8 Å². The molecule has 0 amide bonds. The number of hydrogen-bond acceptors (Lipinski definition) is 3. The summed E-state index contributed by atoms with van der Waals surface area (Å²) in [7, 11) is 0. The van der Waals surface area contributed by atoms with Crippen molar-refractivity contribution in [3.8, 4) is 5.75 Å². The summed E-state index contributed by atoms with van der Waals surface area (Å²) < 4.78 is 0. The van der Waals surface area contributed by atoms with Gasteiger partial charge < -0.3 is 10.4 Å². The molecular weight excluding hydrogens is 190 g/mol. The summed E-state index contributed by atoms with van der Waals surface area (Å²) in [5, 5.41) is 19.3. The molecule has 15 heavy (non-hydrogen) atoms. The molecule has 0 radical (unpaired) electrons. The first-order valence-corrected chi connectivity index (χ1v) is 4.80. The normalized spacial score (nSPS) is 12.3. The number of aromatic amines is 1. The molecule has 1 aromatic carbocycles. The molecule has 4 heteroatoms. The van der Waals surface area contributed by atoms with E-state index >= 15 is 0 Å². The molecule has 0 spiro atoms. The molecule has 0 aliphatic carbocycles. The number of anilines is 1. The number of nitrogens with one attached hydrogen (secondary N) is 2. The summed E-state index contributed by atoms with van der Waals surface area (Å²) >= 11 is 0. The molecule has 0 bridgehead atoms. The van der Waals surface area contributed by atoms with E-state index < -0.39 is 0 Å². The third-order valence-electron chi connectivity index (χ3n) is 2.22. The Morgan fingerprint density at radius 3 is 2.93 bits per heavy atom. The maximum atomic E-state index is 9.30. The van der Waals surface area contributed by atoms with Crippen molar-refractivity contribution >= 4 is 5.69 Å². The van der Waals surface area contributed by atoms with E-state index in [0.717, 1.165) is 11.4 Å². The second kappa shape index (κ2) is 4.04. The summed E-state index contributed by atoms with van der Waals surface area (Å²) in [5.74, 6) is 0.261. The highest BCUT2D eigenvalue weighted by Gasteiger charge is 2.05. The van der Waals surface area contributed by atoms with Crippen LogP contribution in [-0.4, -0.2) is 15.3 Å². The highest BCUT2D eigenvalue weighted by Crippen LogP contribution is 2.20. The highest BCUT2D eigenvalue weighted by molar-refractivity contribution is 5.48. The molecule has 1 atom stereocenters. The molecule has 0 fully saturated rings. The van der Waals surface area contributed by atoms with Gasteiger partial charge in [0.2, 0.25) is 0 Å². The third-order valence-corrected chi connectivity index (χ3v) is 2.22. The molecule has 0 saturated heterocycles. The van der Waals surface area contributed by atoms with Crippen molar-refractivity contribution in [2.24, 2.45) is 0 Å². The standard InChI is InChI=1S/C11H13N3O/c1-8(11-5-6-12-14-11)13-9-3-2-4-10(15)7-9/h2-8,13,15H,1H3,(H,12,14). The summed E-state index contributed by atoms with van der Waals surface area (Å²) in [6.45, 7) is 2.03. The van der Waals surface area contributed by atoms with Crippen LogP contribution in [0.5, 0.6) is 5.75 Å². The van der Waals surface area contributed by atoms with Gasteiger partial charge in [-0.15, -0.1) is 0 Å². The molecule has 1 heterocycles. The van der Waals surface area contributed by atoms with Gasteiger partial charge in [0, 0.05) is 18.0 Å². The van der Waals surface area contributed by atoms with Gasteiger partial charge in [-0.3, -0.25) is 5.10 Å². The number of nitrogens with zero attached hydrogens (tertiary/aromatic N) is 1. The lowest BCUT2D eigenvalue weighted by Gasteiger charge is -2.13. The fraction of sp³-hybridized carbons (Fsp3) is 0.182. The summed E-state index contributed by atoms with van der Waals surface area (Å²) in [6.07, 6.45) is 1.72. The van der Waals surface area contributed by atoms with Gasteiger partial charge in [0.1, 0.15) is 5.75 Å². The van der Waals surface area contributed by atoms with Gasteiger partial charge in [-0.2, -0.15) is 5.10 Å². The fourth-order valence-electron chi connectivity index (χ4n) is 1.43. The van der Waals surface area contributed by atoms with Crippen LogP contribution in [0.3, 0.4) is 0 Å². The first kappa shape index (κ1) is 9.58. The molecule has 1 unspecified atom stereocenters. The highest BCUT2D eigenvalue weighted by atomic mass is 16.3. The monoisotopic (exact) mass is 203 g/mol. The predicted molar refractivity (Wildman–Crippen MR) is 58.7 cm³/mol. The van der Waals surface area contributed by atoms with Crippen LogP contribution in [-0.2, 0) is 0 Å². The zero-order valence-electron chi connectivity index (χ0n) is 8.44. The molecule has 2 aromatic rings. The van der Waals surface area contributed by atoms with E-state index in [1.807, 2.05) is 19.1 Å². The molecule has 0 aliphatic rings. The average Bonchev–Trinajstić information content (AvgIpc) is 2.70. The van der Waals surface area contributed by atoms with Crippen molar-refractivity contribution in [3.05, 3.63) is 42.2 Å². The zero-order chi connectivity index (χ0) is 10.7. The van der Waals surface area contributed by atoms with Crippen LogP contribution < -0.4 is 5.32 Å². The number of aromatic nitrogens is 2. The Kier molecular flexibility index (Phi) is 2.58. The van der Waals surface area contributed by atoms with E-state index in [2.05, 4.69) is 15.5 Å². The van der Waals surface area contributed by atoms with Crippen LogP contribution in [0.1, 0.15) is 18.7 Å². The Morgan fingerprint density at radius 2 is 2.27 bits per heavy atom. The maximum absolute atomic E-state index is 9.30. The Labute approximate surface area is 88.0 Å². The van der Waals surface area contributed by atoms with Crippen LogP contribution >= 0.6 is 0 Å². The van der Waals surface area contributed by atoms with Crippen molar-refractivity contribution in [2.75, 3.05) is 5.32 Å². The van der Waals surface area contributed by atoms with Crippen LogP contribution in [0, 0.1) is 0 Å². The Bertz CT molecular complexity index is 425. The number of rotatable bonds is 3. The molecule has 4 nitrogen and oxygen atoms in total. The SMILES string of the molecule is CC(Nc1cccc(O)c1)c1ccn[nH]1. The van der Waals surface area contributed by atoms with E-state index in [9.17, 15) is 5.11 Å². The second-order valence-electron chi connectivity index (χ2n) is 3.43. The number of phenolic OH excluding ortho intramolecular Hbond substituents is 1. The molecular formula is C11H13N3O. The molecule has 1 aromatic heterocycles. The van der Waals surface area contributed by atoms with Crippen molar-refractivity contribution in [2.45, 2.75) is 13.0 Å².